The second-order valence-electron chi connectivity index (χ2n) is 4.22. The number of amides is 1. The summed E-state index contributed by atoms with van der Waals surface area (Å²) in [6, 6.07) is 9.58. The zero-order valence-electron chi connectivity index (χ0n) is 10.6. The molecule has 0 atom stereocenters. The van der Waals surface area contributed by atoms with Crippen molar-refractivity contribution in [2.75, 3.05) is 11.1 Å². The molecule has 2 aromatic rings. The van der Waals surface area contributed by atoms with Crippen LogP contribution in [0.3, 0.4) is 0 Å². The molecule has 21 heavy (non-hydrogen) atoms. The van der Waals surface area contributed by atoms with Gasteiger partial charge in [-0.15, -0.1) is 0 Å². The summed E-state index contributed by atoms with van der Waals surface area (Å²) in [4.78, 5) is 23.4. The van der Waals surface area contributed by atoms with Crippen molar-refractivity contribution in [3.05, 3.63) is 55.6 Å². The maximum absolute atomic E-state index is 12.2. The molecular weight excluding hydrogens is 451 g/mol. The highest BCUT2D eigenvalue weighted by molar-refractivity contribution is 14.1. The number of hydrogen-bond acceptors (Lipinski definition) is 3. The molecule has 0 spiro atoms. The lowest BCUT2D eigenvalue weighted by molar-refractivity contribution is 0.0698. The van der Waals surface area contributed by atoms with Crippen LogP contribution in [0.15, 0.2) is 40.9 Å². The maximum atomic E-state index is 12.2. The highest BCUT2D eigenvalue weighted by Crippen LogP contribution is 2.22. The lowest BCUT2D eigenvalue weighted by Crippen LogP contribution is -2.15. The van der Waals surface area contributed by atoms with Gasteiger partial charge in [0.05, 0.1) is 11.3 Å². The Kier molecular flexibility index (Phi) is 4.84. The van der Waals surface area contributed by atoms with Crippen LogP contribution in [-0.4, -0.2) is 17.0 Å². The van der Waals surface area contributed by atoms with Crippen molar-refractivity contribution in [1.82, 2.24) is 0 Å². The van der Waals surface area contributed by atoms with Crippen LogP contribution in [0.2, 0.25) is 0 Å². The Hall–Kier alpha value is -1.61. The average Bonchev–Trinajstić information content (AvgIpc) is 2.39. The standard InChI is InChI=1S/C14H10BrIN2O3/c15-8-3-7(4-10(17)5-8)13(19)18-12-2-1-9(16)6-11(12)14(20)21/h1-6H,17H2,(H,18,19)(H,20,21). The van der Waals surface area contributed by atoms with Crippen molar-refractivity contribution in [3.63, 3.8) is 0 Å². The van der Waals surface area contributed by atoms with Gasteiger partial charge in [0.2, 0.25) is 0 Å². The quantitative estimate of drug-likeness (QED) is 0.482. The summed E-state index contributed by atoms with van der Waals surface area (Å²) in [7, 11) is 0. The molecule has 2 rings (SSSR count). The summed E-state index contributed by atoms with van der Waals surface area (Å²) in [6.45, 7) is 0. The van der Waals surface area contributed by atoms with E-state index < -0.39 is 11.9 Å². The number of aromatic carboxylic acids is 1. The van der Waals surface area contributed by atoms with E-state index in [1.165, 1.54) is 12.1 Å². The van der Waals surface area contributed by atoms with E-state index >= 15 is 0 Å². The molecule has 0 fully saturated rings. The van der Waals surface area contributed by atoms with E-state index in [1.807, 2.05) is 22.6 Å². The maximum Gasteiger partial charge on any atom is 0.337 e. The number of carbonyl (C=O) groups is 2. The van der Waals surface area contributed by atoms with E-state index in [0.29, 0.717) is 15.7 Å². The van der Waals surface area contributed by atoms with Crippen LogP contribution < -0.4 is 11.1 Å². The lowest BCUT2D eigenvalue weighted by Gasteiger charge is -2.10. The van der Waals surface area contributed by atoms with Crippen LogP contribution in [0.4, 0.5) is 11.4 Å². The molecule has 0 heterocycles. The number of rotatable bonds is 3. The third-order valence-corrected chi connectivity index (χ3v) is 3.77. The Morgan fingerprint density at radius 2 is 1.90 bits per heavy atom. The predicted molar refractivity (Wildman–Crippen MR) is 92.6 cm³/mol. The molecule has 0 aliphatic carbocycles. The first-order chi connectivity index (χ1) is 9.86. The first-order valence-electron chi connectivity index (χ1n) is 5.77. The van der Waals surface area contributed by atoms with Gasteiger partial charge in [0, 0.05) is 19.3 Å². The van der Waals surface area contributed by atoms with Crippen LogP contribution in [0.1, 0.15) is 20.7 Å². The fraction of sp³-hybridized carbons (Fsp3) is 0. The van der Waals surface area contributed by atoms with E-state index in [9.17, 15) is 14.7 Å². The Bertz CT molecular complexity index is 714. The average molecular weight is 461 g/mol. The van der Waals surface area contributed by atoms with Gasteiger partial charge in [0.25, 0.3) is 5.91 Å². The summed E-state index contributed by atoms with van der Waals surface area (Å²) in [5.41, 5.74) is 6.75. The highest BCUT2D eigenvalue weighted by Gasteiger charge is 2.14. The van der Waals surface area contributed by atoms with Gasteiger partial charge < -0.3 is 16.2 Å². The Morgan fingerprint density at radius 3 is 2.52 bits per heavy atom. The van der Waals surface area contributed by atoms with Gasteiger partial charge in [-0.2, -0.15) is 0 Å². The molecule has 0 aliphatic heterocycles. The molecule has 0 radical (unpaired) electrons. The monoisotopic (exact) mass is 460 g/mol. The molecule has 0 saturated carbocycles. The summed E-state index contributed by atoms with van der Waals surface area (Å²) < 4.78 is 1.45. The number of carbonyl (C=O) groups excluding carboxylic acids is 1. The number of anilines is 2. The van der Waals surface area contributed by atoms with Crippen LogP contribution in [0, 0.1) is 3.57 Å². The zero-order chi connectivity index (χ0) is 15.6. The Labute approximate surface area is 142 Å². The first kappa shape index (κ1) is 15.8. The number of nitrogen functional groups attached to an aromatic ring is 1. The number of nitrogens with two attached hydrogens (primary N) is 1. The van der Waals surface area contributed by atoms with Crippen molar-refractivity contribution in [1.29, 1.82) is 0 Å². The van der Waals surface area contributed by atoms with E-state index in [1.54, 1.807) is 24.3 Å². The minimum atomic E-state index is -1.10. The van der Waals surface area contributed by atoms with Gasteiger partial charge in [0.15, 0.2) is 0 Å². The van der Waals surface area contributed by atoms with Gasteiger partial charge >= 0.3 is 5.97 Å². The largest absolute Gasteiger partial charge is 0.478 e. The molecule has 1 amide bonds. The van der Waals surface area contributed by atoms with Gasteiger partial charge in [-0.3, -0.25) is 4.79 Å². The van der Waals surface area contributed by atoms with E-state index in [4.69, 9.17) is 5.73 Å². The second-order valence-corrected chi connectivity index (χ2v) is 6.38. The van der Waals surface area contributed by atoms with Crippen molar-refractivity contribution in [2.24, 2.45) is 0 Å². The topological polar surface area (TPSA) is 92.4 Å². The molecule has 0 aliphatic rings. The number of nitrogens with one attached hydrogen (secondary N) is 1. The number of benzene rings is 2. The molecule has 0 aromatic heterocycles. The summed E-state index contributed by atoms with van der Waals surface area (Å²) in [6.07, 6.45) is 0. The van der Waals surface area contributed by atoms with Crippen LogP contribution >= 0.6 is 38.5 Å². The van der Waals surface area contributed by atoms with E-state index in [-0.39, 0.29) is 11.3 Å². The minimum Gasteiger partial charge on any atom is -0.478 e. The Morgan fingerprint density at radius 1 is 1.19 bits per heavy atom. The number of halogens is 2. The molecule has 0 unspecified atom stereocenters. The molecule has 0 saturated heterocycles. The molecule has 7 heteroatoms. The highest BCUT2D eigenvalue weighted by atomic mass is 127. The fourth-order valence-corrected chi connectivity index (χ4v) is 2.74. The number of hydrogen-bond donors (Lipinski definition) is 3. The van der Waals surface area contributed by atoms with Crippen molar-refractivity contribution < 1.29 is 14.7 Å². The smallest absolute Gasteiger partial charge is 0.337 e. The first-order valence-corrected chi connectivity index (χ1v) is 7.64. The third-order valence-electron chi connectivity index (χ3n) is 2.64. The zero-order valence-corrected chi connectivity index (χ0v) is 14.3. The third kappa shape index (κ3) is 3.94. The van der Waals surface area contributed by atoms with Crippen LogP contribution in [0.25, 0.3) is 0 Å². The second kappa shape index (κ2) is 6.44. The molecule has 2 aromatic carbocycles. The van der Waals surface area contributed by atoms with E-state index in [0.717, 1.165) is 3.57 Å². The van der Waals surface area contributed by atoms with Gasteiger partial charge in [-0.25, -0.2) is 4.79 Å². The SMILES string of the molecule is Nc1cc(Br)cc(C(=O)Nc2ccc(I)cc2C(=O)O)c1. The van der Waals surface area contributed by atoms with Crippen molar-refractivity contribution in [2.45, 2.75) is 0 Å². The van der Waals surface area contributed by atoms with Crippen LogP contribution in [-0.2, 0) is 0 Å². The predicted octanol–water partition coefficient (Wildman–Crippen LogP) is 3.59. The molecule has 4 N–H and O–H groups in total. The van der Waals surface area contributed by atoms with Crippen LogP contribution in [0.5, 0.6) is 0 Å². The summed E-state index contributed by atoms with van der Waals surface area (Å²) in [5.74, 6) is -1.52. The Balaban J connectivity index is 2.33. The van der Waals surface area contributed by atoms with Crippen molar-refractivity contribution in [3.8, 4) is 0 Å². The fourth-order valence-electron chi connectivity index (χ4n) is 1.74. The van der Waals surface area contributed by atoms with E-state index in [2.05, 4.69) is 21.2 Å². The molecule has 108 valence electrons. The van der Waals surface area contributed by atoms with Gasteiger partial charge in [-0.1, -0.05) is 15.9 Å². The van der Waals surface area contributed by atoms with Crippen molar-refractivity contribution >= 4 is 61.8 Å². The molecule has 5 nitrogen and oxygen atoms in total. The normalized spacial score (nSPS) is 10.2. The summed E-state index contributed by atoms with van der Waals surface area (Å²) in [5, 5.41) is 11.8. The minimum absolute atomic E-state index is 0.0400. The number of carboxylic acids is 1. The summed E-state index contributed by atoms with van der Waals surface area (Å²) >= 11 is 5.27. The molecular formula is C14H10BrIN2O3. The lowest BCUT2D eigenvalue weighted by atomic mass is 10.1. The van der Waals surface area contributed by atoms with Gasteiger partial charge in [-0.05, 0) is 59.0 Å². The number of carboxylic acid groups (broad SMARTS) is 1. The van der Waals surface area contributed by atoms with Gasteiger partial charge in [0.1, 0.15) is 0 Å². The molecule has 0 bridgehead atoms.